The molecular formula is C24H17N3. The molecule has 0 saturated carbocycles. The maximum atomic E-state index is 4.44. The Balaban J connectivity index is 1.73. The molecule has 0 unspecified atom stereocenters. The molecule has 27 heavy (non-hydrogen) atoms. The van der Waals surface area contributed by atoms with Crippen molar-refractivity contribution in [3.8, 4) is 11.1 Å². The zero-order chi connectivity index (χ0) is 18.2. The maximum Gasteiger partial charge on any atom is 0.0927 e. The third-order valence-electron chi connectivity index (χ3n) is 4.99. The van der Waals surface area contributed by atoms with Crippen LogP contribution in [0.4, 0.5) is 0 Å². The van der Waals surface area contributed by atoms with Crippen molar-refractivity contribution < 1.29 is 0 Å². The normalized spacial score (nSPS) is 11.1. The van der Waals surface area contributed by atoms with Gasteiger partial charge in [-0.05, 0) is 33.4 Å². The number of hydrogen-bond donors (Lipinski definition) is 1. The van der Waals surface area contributed by atoms with Crippen LogP contribution in [-0.2, 0) is 0 Å². The molecule has 128 valence electrons. The Morgan fingerprint density at radius 1 is 0.852 bits per heavy atom. The summed E-state index contributed by atoms with van der Waals surface area (Å²) in [6.07, 6.45) is 7.40. The molecule has 0 spiro atoms. The molecule has 2 aromatic heterocycles. The van der Waals surface area contributed by atoms with Crippen molar-refractivity contribution in [1.29, 1.82) is 0 Å². The highest BCUT2D eigenvalue weighted by Gasteiger charge is 2.11. The molecule has 0 bridgehead atoms. The van der Waals surface area contributed by atoms with Gasteiger partial charge < -0.3 is 4.98 Å². The van der Waals surface area contributed by atoms with Crippen LogP contribution in [0.5, 0.6) is 0 Å². The Morgan fingerprint density at radius 3 is 2.63 bits per heavy atom. The lowest BCUT2D eigenvalue weighted by Gasteiger charge is -2.11. The average molecular weight is 347 g/mol. The summed E-state index contributed by atoms with van der Waals surface area (Å²) >= 11 is 0. The van der Waals surface area contributed by atoms with Crippen LogP contribution in [0.15, 0.2) is 92.2 Å². The fourth-order valence-corrected chi connectivity index (χ4v) is 3.61. The summed E-state index contributed by atoms with van der Waals surface area (Å²) in [5, 5.41) is 4.69. The smallest absolute Gasteiger partial charge is 0.0927 e. The summed E-state index contributed by atoms with van der Waals surface area (Å²) in [5.74, 6) is 0. The van der Waals surface area contributed by atoms with Crippen molar-refractivity contribution in [1.82, 2.24) is 15.0 Å². The molecule has 0 aliphatic carbocycles. The fourth-order valence-electron chi connectivity index (χ4n) is 3.61. The van der Waals surface area contributed by atoms with Crippen LogP contribution < -0.4 is 0 Å². The number of benzene rings is 3. The molecule has 0 atom stereocenters. The van der Waals surface area contributed by atoms with E-state index in [0.717, 1.165) is 38.7 Å². The van der Waals surface area contributed by atoms with E-state index in [1.54, 1.807) is 6.33 Å². The van der Waals surface area contributed by atoms with Gasteiger partial charge in [-0.1, -0.05) is 61.2 Å². The molecule has 0 fully saturated rings. The molecule has 5 aromatic rings. The van der Waals surface area contributed by atoms with Crippen LogP contribution in [-0.4, -0.2) is 15.0 Å². The quantitative estimate of drug-likeness (QED) is 0.445. The highest BCUT2D eigenvalue weighted by Crippen LogP contribution is 2.33. The molecule has 0 aliphatic heterocycles. The van der Waals surface area contributed by atoms with Gasteiger partial charge in [0.05, 0.1) is 12.0 Å². The number of imidazole rings is 1. The minimum atomic E-state index is 0.861. The van der Waals surface area contributed by atoms with Crippen LogP contribution >= 0.6 is 0 Å². The Morgan fingerprint density at radius 2 is 1.74 bits per heavy atom. The second kappa shape index (κ2) is 6.22. The number of fused-ring (bicyclic) bond motifs is 2. The molecule has 3 aromatic carbocycles. The van der Waals surface area contributed by atoms with Crippen LogP contribution in [0.2, 0.25) is 0 Å². The van der Waals surface area contributed by atoms with Gasteiger partial charge in [0, 0.05) is 35.1 Å². The van der Waals surface area contributed by atoms with Gasteiger partial charge >= 0.3 is 0 Å². The van der Waals surface area contributed by atoms with E-state index in [2.05, 4.69) is 76.1 Å². The molecule has 2 heterocycles. The lowest BCUT2D eigenvalue weighted by atomic mass is 9.93. The molecular weight excluding hydrogens is 330 g/mol. The van der Waals surface area contributed by atoms with Crippen molar-refractivity contribution in [2.45, 2.75) is 0 Å². The van der Waals surface area contributed by atoms with Gasteiger partial charge in [0.15, 0.2) is 0 Å². The Kier molecular flexibility index (Phi) is 3.58. The van der Waals surface area contributed by atoms with E-state index in [9.17, 15) is 0 Å². The van der Waals surface area contributed by atoms with Crippen molar-refractivity contribution >= 4 is 27.1 Å². The minimum absolute atomic E-state index is 0.861. The molecule has 1 N–H and O–H groups in total. The summed E-state index contributed by atoms with van der Waals surface area (Å²) in [4.78, 5) is 11.8. The number of rotatable bonds is 3. The first-order valence-electron chi connectivity index (χ1n) is 8.85. The van der Waals surface area contributed by atoms with Gasteiger partial charge in [-0.25, -0.2) is 4.98 Å². The molecule has 0 amide bonds. The highest BCUT2D eigenvalue weighted by molar-refractivity contribution is 6.02. The molecule has 0 aliphatic rings. The van der Waals surface area contributed by atoms with Crippen molar-refractivity contribution in [2.75, 3.05) is 0 Å². The first-order valence-corrected chi connectivity index (χ1v) is 8.85. The Hall–Kier alpha value is -3.72. The van der Waals surface area contributed by atoms with Crippen LogP contribution in [0.3, 0.4) is 0 Å². The molecule has 0 saturated heterocycles. The number of nitrogens with zero attached hydrogens (tertiary/aromatic N) is 2. The van der Waals surface area contributed by atoms with E-state index in [1.807, 2.05) is 24.7 Å². The van der Waals surface area contributed by atoms with Gasteiger partial charge in [-0.3, -0.25) is 4.98 Å². The van der Waals surface area contributed by atoms with Gasteiger partial charge in [0.25, 0.3) is 0 Å². The summed E-state index contributed by atoms with van der Waals surface area (Å²) < 4.78 is 0. The van der Waals surface area contributed by atoms with Crippen LogP contribution in [0.1, 0.15) is 11.3 Å². The van der Waals surface area contributed by atoms with Gasteiger partial charge in [-0.2, -0.15) is 0 Å². The SMILES string of the molecule is C=C(c1c[nH]cn1)c1cccc2ccc(-c3cncc4ccccc34)cc12. The molecule has 0 radical (unpaired) electrons. The number of pyridine rings is 1. The number of aromatic nitrogens is 3. The molecule has 3 nitrogen and oxygen atoms in total. The number of hydrogen-bond acceptors (Lipinski definition) is 2. The topological polar surface area (TPSA) is 41.6 Å². The minimum Gasteiger partial charge on any atom is -0.351 e. The van der Waals surface area contributed by atoms with Crippen LogP contribution in [0, 0.1) is 0 Å². The maximum absolute atomic E-state index is 4.44. The first kappa shape index (κ1) is 15.5. The molecule has 3 heteroatoms. The third-order valence-corrected chi connectivity index (χ3v) is 4.99. The Bertz CT molecular complexity index is 1280. The standard InChI is InChI=1S/C24H17N3/c1-16(24-14-26-15-27-24)20-8-4-6-17-9-10-18(11-22(17)20)23-13-25-12-19-5-2-3-7-21(19)23/h2-15H,1H2,(H,26,27). The van der Waals surface area contributed by atoms with E-state index in [1.165, 1.54) is 10.8 Å². The van der Waals surface area contributed by atoms with E-state index < -0.39 is 0 Å². The summed E-state index contributed by atoms with van der Waals surface area (Å²) in [6, 6.07) is 21.2. The Labute approximate surface area is 157 Å². The van der Waals surface area contributed by atoms with Crippen molar-refractivity contribution in [3.63, 3.8) is 0 Å². The summed E-state index contributed by atoms with van der Waals surface area (Å²) in [6.45, 7) is 4.28. The van der Waals surface area contributed by atoms with E-state index >= 15 is 0 Å². The third kappa shape index (κ3) is 2.61. The number of H-pyrrole nitrogens is 1. The second-order valence-electron chi connectivity index (χ2n) is 6.58. The predicted molar refractivity (Wildman–Crippen MR) is 111 cm³/mol. The first-order chi connectivity index (χ1) is 13.3. The number of nitrogens with one attached hydrogen (secondary N) is 1. The lowest BCUT2D eigenvalue weighted by molar-refractivity contribution is 1.30. The van der Waals surface area contributed by atoms with Crippen molar-refractivity contribution in [3.05, 3.63) is 103 Å². The summed E-state index contributed by atoms with van der Waals surface area (Å²) in [7, 11) is 0. The monoisotopic (exact) mass is 347 g/mol. The molecule has 5 rings (SSSR count). The van der Waals surface area contributed by atoms with Crippen LogP contribution in [0.25, 0.3) is 38.2 Å². The zero-order valence-electron chi connectivity index (χ0n) is 14.7. The fraction of sp³-hybridized carbons (Fsp3) is 0. The number of aromatic amines is 1. The van der Waals surface area contributed by atoms with E-state index in [0.29, 0.717) is 0 Å². The average Bonchev–Trinajstić information content (AvgIpc) is 3.27. The second-order valence-corrected chi connectivity index (χ2v) is 6.58. The summed E-state index contributed by atoms with van der Waals surface area (Å²) in [5.41, 5.74) is 5.15. The van der Waals surface area contributed by atoms with Crippen molar-refractivity contribution in [2.24, 2.45) is 0 Å². The zero-order valence-corrected chi connectivity index (χ0v) is 14.7. The van der Waals surface area contributed by atoms with E-state index in [-0.39, 0.29) is 0 Å². The van der Waals surface area contributed by atoms with Gasteiger partial charge in [0.1, 0.15) is 0 Å². The highest BCUT2D eigenvalue weighted by atomic mass is 14.9. The van der Waals surface area contributed by atoms with Gasteiger partial charge in [-0.15, -0.1) is 0 Å². The van der Waals surface area contributed by atoms with Gasteiger partial charge in [0.2, 0.25) is 0 Å². The lowest BCUT2D eigenvalue weighted by Crippen LogP contribution is -1.90. The predicted octanol–water partition coefficient (Wildman–Crippen LogP) is 5.84. The largest absolute Gasteiger partial charge is 0.351 e. The van der Waals surface area contributed by atoms with E-state index in [4.69, 9.17) is 0 Å².